The number of hydrogen-bond acceptors (Lipinski definition) is 4. The number of pyridine rings is 1. The van der Waals surface area contributed by atoms with Crippen LogP contribution in [0, 0.1) is 6.92 Å². The molecule has 3 heterocycles. The molecule has 0 aromatic carbocycles. The van der Waals surface area contributed by atoms with Crippen molar-refractivity contribution in [3.63, 3.8) is 0 Å². The second-order valence-corrected chi connectivity index (χ2v) is 4.21. The summed E-state index contributed by atoms with van der Waals surface area (Å²) in [4.78, 5) is 17.8. The zero-order chi connectivity index (χ0) is 11.8. The standard InChI is InChI=1S/C12H12N4O/c1-8-11(5-14-15-12(8)17)16-6-9-2-3-13-4-10(9)7-16/h2-5H,6-7H2,1H3,(H,15,17). The van der Waals surface area contributed by atoms with Gasteiger partial charge in [0, 0.05) is 31.0 Å². The lowest BCUT2D eigenvalue weighted by Gasteiger charge is -2.18. The molecule has 5 heteroatoms. The molecule has 0 spiro atoms. The Bertz CT molecular complexity index is 595. The Kier molecular flexibility index (Phi) is 2.18. The first-order chi connectivity index (χ1) is 8.25. The van der Waals surface area contributed by atoms with Gasteiger partial charge in [-0.2, -0.15) is 5.10 Å². The lowest BCUT2D eigenvalue weighted by atomic mass is 10.2. The molecule has 1 N–H and O–H groups in total. The number of fused-ring (bicyclic) bond motifs is 1. The summed E-state index contributed by atoms with van der Waals surface area (Å²) in [7, 11) is 0. The monoisotopic (exact) mass is 228 g/mol. The van der Waals surface area contributed by atoms with Gasteiger partial charge in [0.05, 0.1) is 11.9 Å². The summed E-state index contributed by atoms with van der Waals surface area (Å²) in [6, 6.07) is 2.02. The first-order valence-electron chi connectivity index (χ1n) is 5.46. The zero-order valence-corrected chi connectivity index (χ0v) is 9.47. The highest BCUT2D eigenvalue weighted by Crippen LogP contribution is 2.27. The van der Waals surface area contributed by atoms with Gasteiger partial charge in [0.2, 0.25) is 0 Å². The first-order valence-corrected chi connectivity index (χ1v) is 5.46. The Labute approximate surface area is 98.1 Å². The number of hydrogen-bond donors (Lipinski definition) is 1. The summed E-state index contributed by atoms with van der Waals surface area (Å²) in [6.45, 7) is 3.41. The molecule has 0 unspecified atom stereocenters. The van der Waals surface area contributed by atoms with Gasteiger partial charge in [-0.3, -0.25) is 9.78 Å². The molecule has 17 heavy (non-hydrogen) atoms. The molecule has 0 fully saturated rings. The van der Waals surface area contributed by atoms with Gasteiger partial charge in [0.1, 0.15) is 0 Å². The molecular weight excluding hydrogens is 216 g/mol. The maximum Gasteiger partial charge on any atom is 0.269 e. The second kappa shape index (κ2) is 3.69. The van der Waals surface area contributed by atoms with Crippen molar-refractivity contribution < 1.29 is 0 Å². The molecule has 0 radical (unpaired) electrons. The second-order valence-electron chi connectivity index (χ2n) is 4.21. The number of aromatic amines is 1. The minimum absolute atomic E-state index is 0.128. The van der Waals surface area contributed by atoms with Crippen LogP contribution in [0.1, 0.15) is 16.7 Å². The fraction of sp³-hybridized carbons (Fsp3) is 0.250. The molecule has 2 aromatic heterocycles. The zero-order valence-electron chi connectivity index (χ0n) is 9.47. The highest BCUT2D eigenvalue weighted by atomic mass is 16.1. The lowest BCUT2D eigenvalue weighted by molar-refractivity contribution is 0.848. The van der Waals surface area contributed by atoms with Gasteiger partial charge in [-0.25, -0.2) is 5.10 Å². The summed E-state index contributed by atoms with van der Waals surface area (Å²) >= 11 is 0. The number of nitrogens with zero attached hydrogens (tertiary/aromatic N) is 3. The van der Waals surface area contributed by atoms with E-state index in [-0.39, 0.29) is 5.56 Å². The van der Waals surface area contributed by atoms with Crippen molar-refractivity contribution in [3.05, 3.63) is 51.7 Å². The lowest BCUT2D eigenvalue weighted by Crippen LogP contribution is -2.21. The average molecular weight is 228 g/mol. The van der Waals surface area contributed by atoms with Crippen molar-refractivity contribution in [1.29, 1.82) is 0 Å². The van der Waals surface area contributed by atoms with Crippen molar-refractivity contribution in [2.24, 2.45) is 0 Å². The third-order valence-electron chi connectivity index (χ3n) is 3.15. The first kappa shape index (κ1) is 10.0. The summed E-state index contributed by atoms with van der Waals surface area (Å²) < 4.78 is 0. The van der Waals surface area contributed by atoms with Crippen LogP contribution in [-0.2, 0) is 13.1 Å². The minimum atomic E-state index is -0.128. The van der Waals surface area contributed by atoms with Crippen LogP contribution < -0.4 is 10.5 Å². The summed E-state index contributed by atoms with van der Waals surface area (Å²) in [5.41, 5.74) is 3.95. The van der Waals surface area contributed by atoms with Crippen LogP contribution in [0.4, 0.5) is 5.69 Å². The van der Waals surface area contributed by atoms with Crippen LogP contribution >= 0.6 is 0 Å². The molecular formula is C12H12N4O. The SMILES string of the molecule is Cc1c(N2Cc3ccncc3C2)cn[nH]c1=O. The third-order valence-corrected chi connectivity index (χ3v) is 3.15. The fourth-order valence-electron chi connectivity index (χ4n) is 2.16. The highest BCUT2D eigenvalue weighted by Gasteiger charge is 2.21. The smallest absolute Gasteiger partial charge is 0.269 e. The van der Waals surface area contributed by atoms with E-state index in [1.807, 2.05) is 19.2 Å². The van der Waals surface area contributed by atoms with Gasteiger partial charge in [-0.1, -0.05) is 0 Å². The van der Waals surface area contributed by atoms with E-state index in [0.717, 1.165) is 18.8 Å². The predicted octanol–water partition coefficient (Wildman–Crippen LogP) is 0.994. The minimum Gasteiger partial charge on any atom is -0.361 e. The molecule has 0 saturated heterocycles. The van der Waals surface area contributed by atoms with E-state index in [0.29, 0.717) is 5.56 Å². The topological polar surface area (TPSA) is 61.9 Å². The molecule has 86 valence electrons. The molecule has 1 aliphatic rings. The summed E-state index contributed by atoms with van der Waals surface area (Å²) in [5, 5.41) is 6.30. The maximum atomic E-state index is 11.5. The van der Waals surface area contributed by atoms with Crippen LogP contribution in [0.2, 0.25) is 0 Å². The van der Waals surface area contributed by atoms with E-state index in [1.54, 1.807) is 12.4 Å². The van der Waals surface area contributed by atoms with Gasteiger partial charge in [-0.05, 0) is 24.1 Å². The third kappa shape index (κ3) is 1.60. The summed E-state index contributed by atoms with van der Waals surface area (Å²) in [5.74, 6) is 0. The van der Waals surface area contributed by atoms with Gasteiger partial charge >= 0.3 is 0 Å². The Morgan fingerprint density at radius 3 is 2.94 bits per heavy atom. The van der Waals surface area contributed by atoms with Crippen molar-refractivity contribution in [2.75, 3.05) is 4.90 Å². The van der Waals surface area contributed by atoms with Crippen LogP contribution in [-0.4, -0.2) is 15.2 Å². The van der Waals surface area contributed by atoms with Crippen LogP contribution in [0.5, 0.6) is 0 Å². The van der Waals surface area contributed by atoms with E-state index in [4.69, 9.17) is 0 Å². The number of rotatable bonds is 1. The molecule has 1 aliphatic heterocycles. The number of nitrogens with one attached hydrogen (secondary N) is 1. The Morgan fingerprint density at radius 2 is 2.12 bits per heavy atom. The Morgan fingerprint density at radius 1 is 1.29 bits per heavy atom. The van der Waals surface area contributed by atoms with Crippen LogP contribution in [0.25, 0.3) is 0 Å². The summed E-state index contributed by atoms with van der Waals surface area (Å²) in [6.07, 6.45) is 5.38. The van der Waals surface area contributed by atoms with E-state index in [2.05, 4.69) is 20.1 Å². The molecule has 0 saturated carbocycles. The molecule has 0 aliphatic carbocycles. The molecule has 3 rings (SSSR count). The van der Waals surface area contributed by atoms with Crippen molar-refractivity contribution in [1.82, 2.24) is 15.2 Å². The van der Waals surface area contributed by atoms with Crippen LogP contribution in [0.3, 0.4) is 0 Å². The molecule has 0 amide bonds. The van der Waals surface area contributed by atoms with Crippen molar-refractivity contribution in [2.45, 2.75) is 20.0 Å². The number of H-pyrrole nitrogens is 1. The maximum absolute atomic E-state index is 11.5. The molecule has 5 nitrogen and oxygen atoms in total. The largest absolute Gasteiger partial charge is 0.361 e. The molecule has 0 bridgehead atoms. The van der Waals surface area contributed by atoms with E-state index in [1.165, 1.54) is 11.1 Å². The Hall–Kier alpha value is -2.17. The van der Waals surface area contributed by atoms with E-state index >= 15 is 0 Å². The van der Waals surface area contributed by atoms with E-state index in [9.17, 15) is 4.79 Å². The highest BCUT2D eigenvalue weighted by molar-refractivity contribution is 5.53. The Balaban J connectivity index is 2.00. The normalized spacial score (nSPS) is 13.8. The van der Waals surface area contributed by atoms with Crippen LogP contribution in [0.15, 0.2) is 29.5 Å². The van der Waals surface area contributed by atoms with Gasteiger partial charge < -0.3 is 4.90 Å². The number of aromatic nitrogens is 3. The average Bonchev–Trinajstić information content (AvgIpc) is 2.76. The van der Waals surface area contributed by atoms with E-state index < -0.39 is 0 Å². The van der Waals surface area contributed by atoms with Gasteiger partial charge in [0.15, 0.2) is 0 Å². The fourth-order valence-corrected chi connectivity index (χ4v) is 2.16. The molecule has 2 aromatic rings. The van der Waals surface area contributed by atoms with Crippen molar-refractivity contribution in [3.8, 4) is 0 Å². The quantitative estimate of drug-likeness (QED) is 0.790. The predicted molar refractivity (Wildman–Crippen MR) is 63.7 cm³/mol. The van der Waals surface area contributed by atoms with Crippen molar-refractivity contribution >= 4 is 5.69 Å². The van der Waals surface area contributed by atoms with Gasteiger partial charge in [-0.15, -0.1) is 0 Å². The number of anilines is 1. The van der Waals surface area contributed by atoms with Gasteiger partial charge in [0.25, 0.3) is 5.56 Å². The molecule has 0 atom stereocenters.